The smallest absolute Gasteiger partial charge is 0.338 e. The van der Waals surface area contributed by atoms with Gasteiger partial charge in [-0.1, -0.05) is 0 Å². The Morgan fingerprint density at radius 2 is 2.12 bits per heavy atom. The van der Waals surface area contributed by atoms with Crippen molar-refractivity contribution in [3.05, 3.63) is 18.0 Å². The monoisotopic (exact) mass is 222 g/mol. The van der Waals surface area contributed by atoms with Gasteiger partial charge in [0, 0.05) is 25.5 Å². The van der Waals surface area contributed by atoms with Crippen LogP contribution in [0.1, 0.15) is 10.4 Å². The van der Waals surface area contributed by atoms with Gasteiger partial charge in [-0.05, 0) is 0 Å². The summed E-state index contributed by atoms with van der Waals surface area (Å²) in [5, 5.41) is 11.4. The van der Waals surface area contributed by atoms with Gasteiger partial charge in [0.15, 0.2) is 0 Å². The van der Waals surface area contributed by atoms with Gasteiger partial charge in [-0.25, -0.2) is 14.8 Å². The summed E-state index contributed by atoms with van der Waals surface area (Å²) in [6, 6.07) is 0. The number of carbonyl (C=O) groups is 2. The third-order valence-electron chi connectivity index (χ3n) is 2.21. The van der Waals surface area contributed by atoms with E-state index >= 15 is 0 Å². The Morgan fingerprint density at radius 1 is 1.44 bits per heavy atom. The SMILES string of the molecule is O=C1CN(c2ncc(C(=O)O)cn2)CCN1. The van der Waals surface area contributed by atoms with E-state index in [9.17, 15) is 9.59 Å². The fourth-order valence-electron chi connectivity index (χ4n) is 1.40. The first-order valence-corrected chi connectivity index (χ1v) is 4.74. The summed E-state index contributed by atoms with van der Waals surface area (Å²) in [6.45, 7) is 1.37. The Bertz CT molecular complexity index is 417. The Hall–Kier alpha value is -2.18. The normalized spacial score (nSPS) is 15.8. The molecular formula is C9H10N4O3. The molecule has 1 fully saturated rings. The first-order valence-electron chi connectivity index (χ1n) is 4.74. The molecular weight excluding hydrogens is 212 g/mol. The quantitative estimate of drug-likeness (QED) is 0.674. The summed E-state index contributed by atoms with van der Waals surface area (Å²) < 4.78 is 0. The molecule has 1 amide bonds. The molecule has 1 saturated heterocycles. The lowest BCUT2D eigenvalue weighted by atomic mass is 10.3. The van der Waals surface area contributed by atoms with Crippen LogP contribution in [0.2, 0.25) is 0 Å². The molecule has 16 heavy (non-hydrogen) atoms. The number of carboxylic acid groups (broad SMARTS) is 1. The molecule has 1 aromatic heterocycles. The second kappa shape index (κ2) is 4.13. The lowest BCUT2D eigenvalue weighted by Crippen LogP contribution is -2.48. The summed E-state index contributed by atoms with van der Waals surface area (Å²) in [4.78, 5) is 31.2. The van der Waals surface area contributed by atoms with E-state index in [0.717, 1.165) is 0 Å². The summed E-state index contributed by atoms with van der Waals surface area (Å²) in [7, 11) is 0. The first-order chi connectivity index (χ1) is 7.66. The van der Waals surface area contributed by atoms with Crippen LogP contribution in [0.15, 0.2) is 12.4 Å². The lowest BCUT2D eigenvalue weighted by molar-refractivity contribution is -0.120. The number of piperazine rings is 1. The maximum Gasteiger partial charge on any atom is 0.338 e. The molecule has 0 spiro atoms. The Balaban J connectivity index is 2.14. The van der Waals surface area contributed by atoms with Crippen molar-refractivity contribution in [2.75, 3.05) is 24.5 Å². The highest BCUT2D eigenvalue weighted by molar-refractivity contribution is 5.87. The number of amides is 1. The summed E-state index contributed by atoms with van der Waals surface area (Å²) in [5.74, 6) is -0.778. The number of hydrogen-bond donors (Lipinski definition) is 2. The number of hydrogen-bond acceptors (Lipinski definition) is 5. The van der Waals surface area contributed by atoms with Gasteiger partial charge in [-0.15, -0.1) is 0 Å². The predicted molar refractivity (Wildman–Crippen MR) is 54.2 cm³/mol. The van der Waals surface area contributed by atoms with Crippen LogP contribution in [0.4, 0.5) is 5.95 Å². The first kappa shape index (κ1) is 10.3. The van der Waals surface area contributed by atoms with Crippen molar-refractivity contribution in [2.24, 2.45) is 0 Å². The molecule has 1 aliphatic heterocycles. The van der Waals surface area contributed by atoms with E-state index in [1.165, 1.54) is 12.4 Å². The molecule has 0 radical (unpaired) electrons. The van der Waals surface area contributed by atoms with Crippen LogP contribution in [0, 0.1) is 0 Å². The molecule has 2 rings (SSSR count). The number of carbonyl (C=O) groups excluding carboxylic acids is 1. The number of nitrogens with zero attached hydrogens (tertiary/aromatic N) is 3. The highest BCUT2D eigenvalue weighted by Crippen LogP contribution is 2.08. The molecule has 7 heteroatoms. The third kappa shape index (κ3) is 2.08. The molecule has 0 aliphatic carbocycles. The molecule has 1 aromatic rings. The maximum atomic E-state index is 11.1. The zero-order chi connectivity index (χ0) is 11.5. The molecule has 7 nitrogen and oxygen atoms in total. The molecule has 0 atom stereocenters. The highest BCUT2D eigenvalue weighted by atomic mass is 16.4. The summed E-state index contributed by atoms with van der Waals surface area (Å²) >= 11 is 0. The van der Waals surface area contributed by atoms with Gasteiger partial charge in [0.05, 0.1) is 12.1 Å². The van der Waals surface area contributed by atoms with Crippen LogP contribution in [0.5, 0.6) is 0 Å². The third-order valence-corrected chi connectivity index (χ3v) is 2.21. The minimum atomic E-state index is -1.07. The van der Waals surface area contributed by atoms with Crippen LogP contribution in [-0.2, 0) is 4.79 Å². The van der Waals surface area contributed by atoms with Crippen molar-refractivity contribution in [1.82, 2.24) is 15.3 Å². The summed E-state index contributed by atoms with van der Waals surface area (Å²) in [5.41, 5.74) is 0.0326. The number of carboxylic acids is 1. The molecule has 0 saturated carbocycles. The zero-order valence-corrected chi connectivity index (χ0v) is 8.38. The number of nitrogens with one attached hydrogen (secondary N) is 1. The minimum Gasteiger partial charge on any atom is -0.478 e. The van der Waals surface area contributed by atoms with Crippen LogP contribution in [0.25, 0.3) is 0 Å². The van der Waals surface area contributed by atoms with Crippen molar-refractivity contribution in [3.63, 3.8) is 0 Å². The summed E-state index contributed by atoms with van der Waals surface area (Å²) in [6.07, 6.45) is 2.47. The average Bonchev–Trinajstić information content (AvgIpc) is 2.29. The number of rotatable bonds is 2. The van der Waals surface area contributed by atoms with Gasteiger partial charge in [0.2, 0.25) is 11.9 Å². The fourth-order valence-corrected chi connectivity index (χ4v) is 1.40. The molecule has 1 aliphatic rings. The molecule has 2 N–H and O–H groups in total. The van der Waals surface area contributed by atoms with Crippen molar-refractivity contribution >= 4 is 17.8 Å². The molecule has 0 bridgehead atoms. The van der Waals surface area contributed by atoms with E-state index < -0.39 is 5.97 Å². The second-order valence-corrected chi connectivity index (χ2v) is 3.35. The van der Waals surface area contributed by atoms with E-state index in [1.807, 2.05) is 0 Å². The molecule has 0 aromatic carbocycles. The zero-order valence-electron chi connectivity index (χ0n) is 8.38. The van der Waals surface area contributed by atoms with Gasteiger partial charge in [0.1, 0.15) is 0 Å². The fraction of sp³-hybridized carbons (Fsp3) is 0.333. The van der Waals surface area contributed by atoms with Gasteiger partial charge < -0.3 is 15.3 Å². The maximum absolute atomic E-state index is 11.1. The molecule has 84 valence electrons. The van der Waals surface area contributed by atoms with Crippen molar-refractivity contribution in [3.8, 4) is 0 Å². The number of aromatic carboxylic acids is 1. The highest BCUT2D eigenvalue weighted by Gasteiger charge is 2.18. The van der Waals surface area contributed by atoms with Crippen LogP contribution < -0.4 is 10.2 Å². The Kier molecular flexibility index (Phi) is 2.67. The lowest BCUT2D eigenvalue weighted by Gasteiger charge is -2.26. The average molecular weight is 222 g/mol. The molecule has 0 unspecified atom stereocenters. The van der Waals surface area contributed by atoms with Crippen molar-refractivity contribution in [2.45, 2.75) is 0 Å². The Labute approximate surface area is 91.1 Å². The van der Waals surface area contributed by atoms with Crippen LogP contribution in [0.3, 0.4) is 0 Å². The topological polar surface area (TPSA) is 95.4 Å². The van der Waals surface area contributed by atoms with Crippen LogP contribution >= 0.6 is 0 Å². The van der Waals surface area contributed by atoms with E-state index in [0.29, 0.717) is 19.0 Å². The van der Waals surface area contributed by atoms with E-state index in [1.54, 1.807) is 4.90 Å². The van der Waals surface area contributed by atoms with Crippen molar-refractivity contribution in [1.29, 1.82) is 0 Å². The van der Waals surface area contributed by atoms with Crippen molar-refractivity contribution < 1.29 is 14.7 Å². The predicted octanol–water partition coefficient (Wildman–Crippen LogP) is -0.889. The van der Waals surface area contributed by atoms with Gasteiger partial charge in [0.25, 0.3) is 0 Å². The minimum absolute atomic E-state index is 0.0326. The molecule has 2 heterocycles. The van der Waals surface area contributed by atoms with Gasteiger partial charge in [-0.3, -0.25) is 4.79 Å². The Morgan fingerprint density at radius 3 is 2.69 bits per heavy atom. The number of anilines is 1. The number of aromatic nitrogens is 2. The van der Waals surface area contributed by atoms with Crippen LogP contribution in [-0.4, -0.2) is 46.6 Å². The standard InChI is InChI=1S/C9H10N4O3/c14-7-5-13(2-1-10-7)9-11-3-6(4-12-9)8(15)16/h3-4H,1-2,5H2,(H,10,14)(H,15,16). The van der Waals surface area contributed by atoms with E-state index in [4.69, 9.17) is 5.11 Å². The van der Waals surface area contributed by atoms with Gasteiger partial charge >= 0.3 is 5.97 Å². The van der Waals surface area contributed by atoms with E-state index in [-0.39, 0.29) is 18.0 Å². The largest absolute Gasteiger partial charge is 0.478 e. The second-order valence-electron chi connectivity index (χ2n) is 3.35. The van der Waals surface area contributed by atoms with Gasteiger partial charge in [-0.2, -0.15) is 0 Å². The van der Waals surface area contributed by atoms with E-state index in [2.05, 4.69) is 15.3 Å².